The Balaban J connectivity index is 1.73. The van der Waals surface area contributed by atoms with Gasteiger partial charge in [-0.25, -0.2) is 4.98 Å². The van der Waals surface area contributed by atoms with E-state index < -0.39 is 5.91 Å². The summed E-state index contributed by atoms with van der Waals surface area (Å²) < 4.78 is 6.70. The minimum Gasteiger partial charge on any atom is -0.497 e. The number of ether oxygens (including phenoxy) is 1. The van der Waals surface area contributed by atoms with Crippen LogP contribution in [0.25, 0.3) is 27.6 Å². The van der Waals surface area contributed by atoms with E-state index in [0.29, 0.717) is 16.5 Å². The minimum atomic E-state index is -0.549. The van der Waals surface area contributed by atoms with Gasteiger partial charge >= 0.3 is 0 Å². The number of carbonyl (C=O) groups excluding carboxylic acids is 1. The largest absolute Gasteiger partial charge is 0.497 e. The molecule has 28 heavy (non-hydrogen) atoms. The molecule has 2 N–H and O–H groups in total. The SMILES string of the molecule is COc1ccc(-c2csc(-n3nc(-c4ccc(C)cc4)cc3C(N)=O)n2)cc1. The number of thiazole rings is 1. The zero-order valence-corrected chi connectivity index (χ0v) is 16.2. The second-order valence-electron chi connectivity index (χ2n) is 6.30. The number of carbonyl (C=O) groups is 1. The Labute approximate surface area is 166 Å². The Kier molecular flexibility index (Phi) is 4.67. The molecule has 0 aliphatic heterocycles. The van der Waals surface area contributed by atoms with Gasteiger partial charge in [0.1, 0.15) is 11.4 Å². The second-order valence-corrected chi connectivity index (χ2v) is 7.14. The summed E-state index contributed by atoms with van der Waals surface area (Å²) in [5, 5.41) is 7.09. The molecule has 7 heteroatoms. The molecule has 4 rings (SSSR count). The lowest BCUT2D eigenvalue weighted by molar-refractivity contribution is 0.0993. The van der Waals surface area contributed by atoms with Crippen LogP contribution >= 0.6 is 11.3 Å². The maximum Gasteiger partial charge on any atom is 0.267 e. The van der Waals surface area contributed by atoms with Crippen LogP contribution in [0.3, 0.4) is 0 Å². The molecule has 0 aliphatic rings. The van der Waals surface area contributed by atoms with E-state index in [4.69, 9.17) is 10.5 Å². The first kappa shape index (κ1) is 17.9. The predicted molar refractivity (Wildman–Crippen MR) is 110 cm³/mol. The third kappa shape index (κ3) is 3.39. The highest BCUT2D eigenvalue weighted by molar-refractivity contribution is 7.12. The number of benzene rings is 2. The van der Waals surface area contributed by atoms with Crippen LogP contribution in [0.1, 0.15) is 16.1 Å². The van der Waals surface area contributed by atoms with Crippen LogP contribution in [0, 0.1) is 6.92 Å². The standard InChI is InChI=1S/C21H18N4O2S/c1-13-3-5-14(6-4-13)17-11-19(20(22)26)25(24-17)21-23-18(12-28-21)15-7-9-16(27-2)10-8-15/h3-12H,1-2H3,(H2,22,26). The molecule has 0 bridgehead atoms. The van der Waals surface area contributed by atoms with Gasteiger partial charge in [0.25, 0.3) is 5.91 Å². The van der Waals surface area contributed by atoms with Gasteiger partial charge in [-0.2, -0.15) is 9.78 Å². The molecule has 2 aromatic heterocycles. The quantitative estimate of drug-likeness (QED) is 0.557. The van der Waals surface area contributed by atoms with Gasteiger partial charge in [0, 0.05) is 16.5 Å². The first-order valence-electron chi connectivity index (χ1n) is 8.62. The maximum atomic E-state index is 12.0. The van der Waals surface area contributed by atoms with Crippen molar-refractivity contribution in [1.82, 2.24) is 14.8 Å². The number of aromatic nitrogens is 3. The summed E-state index contributed by atoms with van der Waals surface area (Å²) in [6.07, 6.45) is 0. The lowest BCUT2D eigenvalue weighted by Gasteiger charge is -2.01. The highest BCUT2D eigenvalue weighted by Crippen LogP contribution is 2.28. The summed E-state index contributed by atoms with van der Waals surface area (Å²) in [5.74, 6) is 0.233. The average molecular weight is 390 g/mol. The molecule has 0 saturated heterocycles. The first-order chi connectivity index (χ1) is 13.5. The normalized spacial score (nSPS) is 10.8. The number of hydrogen-bond donors (Lipinski definition) is 1. The molecule has 2 heterocycles. The van der Waals surface area contributed by atoms with Crippen molar-refractivity contribution in [1.29, 1.82) is 0 Å². The number of amides is 1. The highest BCUT2D eigenvalue weighted by Gasteiger charge is 2.18. The molecular formula is C21H18N4O2S. The number of nitrogens with two attached hydrogens (primary N) is 1. The lowest BCUT2D eigenvalue weighted by Crippen LogP contribution is -2.16. The smallest absolute Gasteiger partial charge is 0.267 e. The van der Waals surface area contributed by atoms with Gasteiger partial charge < -0.3 is 10.5 Å². The van der Waals surface area contributed by atoms with E-state index in [-0.39, 0.29) is 0 Å². The highest BCUT2D eigenvalue weighted by atomic mass is 32.1. The molecular weight excluding hydrogens is 372 g/mol. The number of methoxy groups -OCH3 is 1. The third-order valence-electron chi connectivity index (χ3n) is 4.37. The van der Waals surface area contributed by atoms with Gasteiger partial charge in [-0.05, 0) is 37.3 Å². The fraction of sp³-hybridized carbons (Fsp3) is 0.0952. The molecule has 0 spiro atoms. The maximum absolute atomic E-state index is 12.0. The molecule has 4 aromatic rings. The van der Waals surface area contributed by atoms with Crippen molar-refractivity contribution < 1.29 is 9.53 Å². The summed E-state index contributed by atoms with van der Waals surface area (Å²) >= 11 is 1.40. The number of hydrogen-bond acceptors (Lipinski definition) is 5. The van der Waals surface area contributed by atoms with E-state index in [9.17, 15) is 4.79 Å². The van der Waals surface area contributed by atoms with Crippen LogP contribution in [0.5, 0.6) is 5.75 Å². The Hall–Kier alpha value is -3.45. The predicted octanol–water partition coefficient (Wildman–Crippen LogP) is 4.08. The Morgan fingerprint density at radius 3 is 2.32 bits per heavy atom. The lowest BCUT2D eigenvalue weighted by atomic mass is 10.1. The summed E-state index contributed by atoms with van der Waals surface area (Å²) in [7, 11) is 1.63. The van der Waals surface area contributed by atoms with Crippen LogP contribution in [-0.2, 0) is 0 Å². The molecule has 0 unspecified atom stereocenters. The van der Waals surface area contributed by atoms with Gasteiger partial charge in [0.2, 0.25) is 5.13 Å². The van der Waals surface area contributed by atoms with Crippen molar-refractivity contribution >= 4 is 17.2 Å². The van der Waals surface area contributed by atoms with Gasteiger partial charge in [0.05, 0.1) is 18.5 Å². The van der Waals surface area contributed by atoms with Crippen LogP contribution < -0.4 is 10.5 Å². The fourth-order valence-electron chi connectivity index (χ4n) is 2.82. The van der Waals surface area contributed by atoms with Crippen molar-refractivity contribution in [3.8, 4) is 33.4 Å². The van der Waals surface area contributed by atoms with E-state index in [1.165, 1.54) is 16.0 Å². The van der Waals surface area contributed by atoms with Crippen molar-refractivity contribution in [3.05, 3.63) is 71.2 Å². The molecule has 0 fully saturated rings. The van der Waals surface area contributed by atoms with E-state index in [2.05, 4.69) is 10.1 Å². The number of nitrogens with zero attached hydrogens (tertiary/aromatic N) is 3. The molecule has 1 amide bonds. The molecule has 0 radical (unpaired) electrons. The second kappa shape index (κ2) is 7.28. The minimum absolute atomic E-state index is 0.297. The van der Waals surface area contributed by atoms with Gasteiger partial charge in [-0.1, -0.05) is 29.8 Å². The van der Waals surface area contributed by atoms with Crippen molar-refractivity contribution in [2.24, 2.45) is 5.73 Å². The first-order valence-corrected chi connectivity index (χ1v) is 9.50. The summed E-state index contributed by atoms with van der Waals surface area (Å²) in [5.41, 5.74) is 10.4. The summed E-state index contributed by atoms with van der Waals surface area (Å²) in [6.45, 7) is 2.02. The van der Waals surface area contributed by atoms with E-state index >= 15 is 0 Å². The molecule has 0 aliphatic carbocycles. The van der Waals surface area contributed by atoms with Crippen molar-refractivity contribution in [3.63, 3.8) is 0 Å². The average Bonchev–Trinajstić information content (AvgIpc) is 3.36. The number of aryl methyl sites for hydroxylation is 1. The molecule has 0 atom stereocenters. The van der Waals surface area contributed by atoms with Crippen LogP contribution in [0.15, 0.2) is 60.0 Å². The number of primary amides is 1. The zero-order valence-electron chi connectivity index (χ0n) is 15.4. The topological polar surface area (TPSA) is 83.0 Å². The van der Waals surface area contributed by atoms with Crippen LogP contribution in [0.2, 0.25) is 0 Å². The van der Waals surface area contributed by atoms with Crippen molar-refractivity contribution in [2.75, 3.05) is 7.11 Å². The molecule has 140 valence electrons. The fourth-order valence-corrected chi connectivity index (χ4v) is 3.62. The number of rotatable bonds is 5. The monoisotopic (exact) mass is 390 g/mol. The van der Waals surface area contributed by atoms with Gasteiger partial charge in [-0.3, -0.25) is 4.79 Å². The Bertz CT molecular complexity index is 1130. The van der Waals surface area contributed by atoms with E-state index in [1.54, 1.807) is 13.2 Å². The summed E-state index contributed by atoms with van der Waals surface area (Å²) in [4.78, 5) is 16.6. The van der Waals surface area contributed by atoms with E-state index in [0.717, 1.165) is 28.1 Å². The van der Waals surface area contributed by atoms with Crippen LogP contribution in [0.4, 0.5) is 0 Å². The Morgan fingerprint density at radius 1 is 1.04 bits per heavy atom. The van der Waals surface area contributed by atoms with Gasteiger partial charge in [-0.15, -0.1) is 11.3 Å². The molecule has 6 nitrogen and oxygen atoms in total. The Morgan fingerprint density at radius 2 is 1.68 bits per heavy atom. The van der Waals surface area contributed by atoms with Crippen molar-refractivity contribution in [2.45, 2.75) is 6.92 Å². The third-order valence-corrected chi connectivity index (χ3v) is 5.18. The summed E-state index contributed by atoms with van der Waals surface area (Å²) in [6, 6.07) is 17.3. The van der Waals surface area contributed by atoms with E-state index in [1.807, 2.05) is 60.8 Å². The molecule has 2 aromatic carbocycles. The van der Waals surface area contributed by atoms with Gasteiger partial charge in [0.15, 0.2) is 0 Å². The zero-order chi connectivity index (χ0) is 19.7. The van der Waals surface area contributed by atoms with Crippen LogP contribution in [-0.4, -0.2) is 27.8 Å². The molecule has 0 saturated carbocycles.